The van der Waals surface area contributed by atoms with Crippen molar-refractivity contribution in [3.8, 4) is 0 Å². The molecule has 1 atom stereocenters. The summed E-state index contributed by atoms with van der Waals surface area (Å²) in [6.07, 6.45) is 4.44. The van der Waals surface area contributed by atoms with Gasteiger partial charge in [-0.05, 0) is 74.6 Å². The summed E-state index contributed by atoms with van der Waals surface area (Å²) in [6.45, 7) is 4.68. The molecule has 2 amide bonds. The summed E-state index contributed by atoms with van der Waals surface area (Å²) in [6, 6.07) is 11.7. The fourth-order valence-corrected chi connectivity index (χ4v) is 6.31. The van der Waals surface area contributed by atoms with Crippen molar-refractivity contribution >= 4 is 33.2 Å². The number of carbonyl (C=O) groups excluding carboxylic acids is 2. The topological polar surface area (TPSA) is 86.8 Å². The Hall–Kier alpha value is -2.71. The predicted molar refractivity (Wildman–Crippen MR) is 124 cm³/mol. The highest BCUT2D eigenvalue weighted by atomic mass is 32.2. The van der Waals surface area contributed by atoms with Crippen molar-refractivity contribution < 1.29 is 18.0 Å². The molecule has 7 nitrogen and oxygen atoms in total. The van der Waals surface area contributed by atoms with Crippen LogP contribution >= 0.6 is 0 Å². The Kier molecular flexibility index (Phi) is 6.35. The number of piperidine rings is 1. The minimum absolute atomic E-state index is 0.00350. The molecule has 1 N–H and O–H groups in total. The number of hydrogen-bond acceptors (Lipinski definition) is 4. The van der Waals surface area contributed by atoms with Gasteiger partial charge in [0.1, 0.15) is 0 Å². The van der Waals surface area contributed by atoms with E-state index in [0.717, 1.165) is 43.4 Å². The van der Waals surface area contributed by atoms with Gasteiger partial charge in [0.25, 0.3) is 5.91 Å². The molecule has 32 heavy (non-hydrogen) atoms. The van der Waals surface area contributed by atoms with Crippen molar-refractivity contribution in [1.29, 1.82) is 0 Å². The Labute approximate surface area is 189 Å². The number of rotatable bonds is 4. The maximum atomic E-state index is 13.1. The second-order valence-electron chi connectivity index (χ2n) is 8.56. The third kappa shape index (κ3) is 4.42. The second kappa shape index (κ2) is 9.03. The number of benzene rings is 2. The van der Waals surface area contributed by atoms with Crippen LogP contribution in [-0.2, 0) is 21.2 Å². The smallest absolute Gasteiger partial charge is 0.255 e. The van der Waals surface area contributed by atoms with E-state index in [9.17, 15) is 18.0 Å². The molecule has 2 aromatic rings. The molecule has 0 saturated carbocycles. The summed E-state index contributed by atoms with van der Waals surface area (Å²) >= 11 is 0. The molecule has 2 aliphatic heterocycles. The summed E-state index contributed by atoms with van der Waals surface area (Å²) in [5.74, 6) is -0.364. The average molecular weight is 456 g/mol. The largest absolute Gasteiger partial charge is 0.322 e. The van der Waals surface area contributed by atoms with Crippen LogP contribution in [0.1, 0.15) is 55.5 Å². The molecule has 1 saturated heterocycles. The first-order valence-corrected chi connectivity index (χ1v) is 12.6. The Balaban J connectivity index is 1.54. The van der Waals surface area contributed by atoms with Crippen molar-refractivity contribution in [2.24, 2.45) is 0 Å². The van der Waals surface area contributed by atoms with Gasteiger partial charge in [0.05, 0.1) is 4.90 Å². The fraction of sp³-hybridized carbons (Fsp3) is 0.417. The quantitative estimate of drug-likeness (QED) is 0.760. The Morgan fingerprint density at radius 1 is 1.03 bits per heavy atom. The average Bonchev–Trinajstić information content (AvgIpc) is 2.78. The molecule has 2 heterocycles. The van der Waals surface area contributed by atoms with Crippen LogP contribution < -0.4 is 10.2 Å². The monoisotopic (exact) mass is 455 g/mol. The van der Waals surface area contributed by atoms with Crippen LogP contribution in [-0.4, -0.2) is 43.7 Å². The van der Waals surface area contributed by atoms with Crippen LogP contribution in [0.2, 0.25) is 0 Å². The molecule has 2 aliphatic rings. The van der Waals surface area contributed by atoms with Crippen LogP contribution in [0, 0.1) is 0 Å². The second-order valence-corrected chi connectivity index (χ2v) is 10.5. The molecule has 0 spiro atoms. The van der Waals surface area contributed by atoms with Crippen molar-refractivity contribution in [3.63, 3.8) is 0 Å². The third-order valence-electron chi connectivity index (χ3n) is 6.28. The van der Waals surface area contributed by atoms with E-state index in [0.29, 0.717) is 24.3 Å². The number of sulfonamides is 1. The summed E-state index contributed by atoms with van der Waals surface area (Å²) in [5, 5.41) is 2.87. The molecule has 0 radical (unpaired) electrons. The zero-order valence-electron chi connectivity index (χ0n) is 18.5. The minimum Gasteiger partial charge on any atom is -0.322 e. The molecule has 1 unspecified atom stereocenters. The molecule has 1 fully saturated rings. The van der Waals surface area contributed by atoms with E-state index in [1.165, 1.54) is 10.4 Å². The number of amides is 2. The lowest BCUT2D eigenvalue weighted by Crippen LogP contribution is -2.41. The van der Waals surface area contributed by atoms with E-state index in [1.807, 2.05) is 19.1 Å². The Bertz CT molecular complexity index is 1150. The molecule has 0 aromatic heterocycles. The van der Waals surface area contributed by atoms with E-state index in [4.69, 9.17) is 0 Å². The highest BCUT2D eigenvalue weighted by Crippen LogP contribution is 2.30. The van der Waals surface area contributed by atoms with E-state index in [-0.39, 0.29) is 22.8 Å². The van der Waals surface area contributed by atoms with Crippen molar-refractivity contribution in [2.75, 3.05) is 23.3 Å². The van der Waals surface area contributed by atoms with Gasteiger partial charge in [0.15, 0.2) is 0 Å². The van der Waals surface area contributed by atoms with Crippen LogP contribution in [0.25, 0.3) is 0 Å². The molecule has 4 rings (SSSR count). The minimum atomic E-state index is -3.65. The number of nitrogens with one attached hydrogen (secondary N) is 1. The Morgan fingerprint density at radius 2 is 1.84 bits per heavy atom. The highest BCUT2D eigenvalue weighted by molar-refractivity contribution is 7.89. The van der Waals surface area contributed by atoms with Gasteiger partial charge in [-0.2, -0.15) is 4.31 Å². The summed E-state index contributed by atoms with van der Waals surface area (Å²) < 4.78 is 27.8. The summed E-state index contributed by atoms with van der Waals surface area (Å²) in [7, 11) is -3.65. The number of nitrogens with zero attached hydrogens (tertiary/aromatic N) is 2. The van der Waals surface area contributed by atoms with Crippen LogP contribution in [0.3, 0.4) is 0 Å². The SMILES string of the molecule is CC(=O)N1CCCc2cc(NC(=O)c3cccc(S(=O)(=O)N4CCCCC4C)c3)ccc21. The van der Waals surface area contributed by atoms with Crippen molar-refractivity contribution in [2.45, 2.75) is 56.9 Å². The molecular weight excluding hydrogens is 426 g/mol. The van der Waals surface area contributed by atoms with E-state index >= 15 is 0 Å². The third-order valence-corrected chi connectivity index (χ3v) is 8.29. The summed E-state index contributed by atoms with van der Waals surface area (Å²) in [4.78, 5) is 26.6. The number of carbonyl (C=O) groups is 2. The maximum absolute atomic E-state index is 13.1. The lowest BCUT2D eigenvalue weighted by Gasteiger charge is -2.32. The molecule has 8 heteroatoms. The van der Waals surface area contributed by atoms with Crippen molar-refractivity contribution in [3.05, 3.63) is 53.6 Å². The van der Waals surface area contributed by atoms with Crippen LogP contribution in [0.15, 0.2) is 47.4 Å². The first kappa shape index (κ1) is 22.5. The Morgan fingerprint density at radius 3 is 2.59 bits per heavy atom. The molecule has 0 aliphatic carbocycles. The normalized spacial score (nSPS) is 19.3. The van der Waals surface area contributed by atoms with Gasteiger partial charge in [-0.15, -0.1) is 0 Å². The van der Waals surface area contributed by atoms with Gasteiger partial charge in [0.2, 0.25) is 15.9 Å². The maximum Gasteiger partial charge on any atom is 0.255 e. The zero-order chi connectivity index (χ0) is 22.9. The zero-order valence-corrected chi connectivity index (χ0v) is 19.3. The predicted octanol–water partition coefficient (Wildman–Crippen LogP) is 3.80. The number of aryl methyl sites for hydroxylation is 1. The van der Waals surface area contributed by atoms with E-state index in [1.54, 1.807) is 36.1 Å². The first-order valence-electron chi connectivity index (χ1n) is 11.1. The molecule has 0 bridgehead atoms. The highest BCUT2D eigenvalue weighted by Gasteiger charge is 2.31. The van der Waals surface area contributed by atoms with Gasteiger partial charge in [0, 0.05) is 43.0 Å². The molecule has 2 aromatic carbocycles. The van der Waals surface area contributed by atoms with Gasteiger partial charge in [-0.3, -0.25) is 9.59 Å². The van der Waals surface area contributed by atoms with Crippen LogP contribution in [0.4, 0.5) is 11.4 Å². The lowest BCUT2D eigenvalue weighted by molar-refractivity contribution is -0.116. The lowest BCUT2D eigenvalue weighted by atomic mass is 10.0. The molecule has 170 valence electrons. The van der Waals surface area contributed by atoms with E-state index in [2.05, 4.69) is 5.32 Å². The van der Waals surface area contributed by atoms with Gasteiger partial charge in [-0.1, -0.05) is 12.5 Å². The number of anilines is 2. The van der Waals surface area contributed by atoms with Crippen molar-refractivity contribution in [1.82, 2.24) is 4.31 Å². The summed E-state index contributed by atoms with van der Waals surface area (Å²) in [5.41, 5.74) is 2.81. The van der Waals surface area contributed by atoms with Gasteiger partial charge in [-0.25, -0.2) is 8.42 Å². The van der Waals surface area contributed by atoms with Gasteiger partial charge >= 0.3 is 0 Å². The van der Waals surface area contributed by atoms with Gasteiger partial charge < -0.3 is 10.2 Å². The molecular formula is C24H29N3O4S. The number of fused-ring (bicyclic) bond motifs is 1. The number of hydrogen-bond donors (Lipinski definition) is 1. The standard InChI is InChI=1S/C24H29N3O4S/c1-17-7-3-4-14-27(17)32(30,31)22-10-5-8-20(16-22)24(29)25-21-11-12-23-19(15-21)9-6-13-26(23)18(2)28/h5,8,10-12,15-17H,3-4,6-7,9,13-14H2,1-2H3,(H,25,29). The van der Waals surface area contributed by atoms with Crippen LogP contribution in [0.5, 0.6) is 0 Å². The van der Waals surface area contributed by atoms with E-state index < -0.39 is 10.0 Å². The fourth-order valence-electron chi connectivity index (χ4n) is 4.57. The first-order chi connectivity index (χ1) is 15.3.